The van der Waals surface area contributed by atoms with Crippen molar-refractivity contribution in [1.29, 1.82) is 0 Å². The molecule has 1 N–H and O–H groups in total. The van der Waals surface area contributed by atoms with Crippen LogP contribution in [0.4, 0.5) is 0 Å². The highest BCUT2D eigenvalue weighted by Crippen LogP contribution is 2.18. The van der Waals surface area contributed by atoms with Crippen LogP contribution in [0.5, 0.6) is 0 Å². The SMILES string of the molecule is O=C(O)/C=C/Cc1cccc2ccccc12. The van der Waals surface area contributed by atoms with Crippen LogP contribution < -0.4 is 0 Å². The van der Waals surface area contributed by atoms with E-state index in [1.807, 2.05) is 24.3 Å². The molecular weight excluding hydrogens is 200 g/mol. The van der Waals surface area contributed by atoms with Gasteiger partial charge in [0.2, 0.25) is 0 Å². The lowest BCUT2D eigenvalue weighted by Crippen LogP contribution is -1.88. The molecule has 2 heteroatoms. The summed E-state index contributed by atoms with van der Waals surface area (Å²) in [6, 6.07) is 14.2. The molecule has 2 rings (SSSR count). The first-order valence-corrected chi connectivity index (χ1v) is 5.13. The molecule has 0 radical (unpaired) electrons. The molecule has 16 heavy (non-hydrogen) atoms. The van der Waals surface area contributed by atoms with Crippen molar-refractivity contribution in [2.45, 2.75) is 6.42 Å². The Balaban J connectivity index is 2.34. The lowest BCUT2D eigenvalue weighted by Gasteiger charge is -2.03. The predicted molar refractivity (Wildman–Crippen MR) is 64.4 cm³/mol. The van der Waals surface area contributed by atoms with Gasteiger partial charge in [0.15, 0.2) is 0 Å². The molecule has 0 unspecified atom stereocenters. The number of carbonyl (C=O) groups is 1. The van der Waals surface area contributed by atoms with E-state index in [4.69, 9.17) is 5.11 Å². The summed E-state index contributed by atoms with van der Waals surface area (Å²) < 4.78 is 0. The Hall–Kier alpha value is -2.09. The highest BCUT2D eigenvalue weighted by molar-refractivity contribution is 5.86. The summed E-state index contributed by atoms with van der Waals surface area (Å²) in [5, 5.41) is 10.9. The molecule has 80 valence electrons. The molecule has 0 fully saturated rings. The van der Waals surface area contributed by atoms with Gasteiger partial charge < -0.3 is 5.11 Å². The molecule has 0 amide bonds. The van der Waals surface area contributed by atoms with Crippen LogP contribution in [0.25, 0.3) is 10.8 Å². The number of hydrogen-bond acceptors (Lipinski definition) is 1. The van der Waals surface area contributed by atoms with E-state index >= 15 is 0 Å². The van der Waals surface area contributed by atoms with Crippen LogP contribution in [0, 0.1) is 0 Å². The van der Waals surface area contributed by atoms with Gasteiger partial charge in [0, 0.05) is 6.08 Å². The van der Waals surface area contributed by atoms with Crippen molar-refractivity contribution in [2.75, 3.05) is 0 Å². The summed E-state index contributed by atoms with van der Waals surface area (Å²) >= 11 is 0. The Morgan fingerprint density at radius 1 is 1.12 bits per heavy atom. The van der Waals surface area contributed by atoms with Crippen LogP contribution in [0.15, 0.2) is 54.6 Å². The van der Waals surface area contributed by atoms with Gasteiger partial charge in [-0.15, -0.1) is 0 Å². The predicted octanol–water partition coefficient (Wildman–Crippen LogP) is 3.02. The highest BCUT2D eigenvalue weighted by Gasteiger charge is 1.97. The lowest BCUT2D eigenvalue weighted by molar-refractivity contribution is -0.131. The van der Waals surface area contributed by atoms with Gasteiger partial charge in [-0.05, 0) is 22.8 Å². The normalized spacial score (nSPS) is 11.0. The largest absolute Gasteiger partial charge is 0.478 e. The van der Waals surface area contributed by atoms with Gasteiger partial charge in [0.05, 0.1) is 0 Å². The van der Waals surface area contributed by atoms with Gasteiger partial charge in [0.1, 0.15) is 0 Å². The average Bonchev–Trinajstić information content (AvgIpc) is 2.29. The van der Waals surface area contributed by atoms with E-state index in [1.165, 1.54) is 16.8 Å². The molecule has 0 saturated carbocycles. The van der Waals surface area contributed by atoms with Gasteiger partial charge in [-0.3, -0.25) is 0 Å². The molecule has 0 aliphatic rings. The second-order valence-electron chi connectivity index (χ2n) is 3.58. The first-order chi connectivity index (χ1) is 7.77. The first-order valence-electron chi connectivity index (χ1n) is 5.13. The molecule has 0 atom stereocenters. The fraction of sp³-hybridized carbons (Fsp3) is 0.0714. The third kappa shape index (κ3) is 2.28. The van der Waals surface area contributed by atoms with E-state index in [0.29, 0.717) is 6.42 Å². The molecule has 0 aliphatic heterocycles. The van der Waals surface area contributed by atoms with E-state index in [0.717, 1.165) is 5.56 Å². The van der Waals surface area contributed by atoms with Crippen LogP contribution in [-0.2, 0) is 11.2 Å². The number of aliphatic carboxylic acids is 1. The zero-order chi connectivity index (χ0) is 11.4. The minimum atomic E-state index is -0.903. The van der Waals surface area contributed by atoms with Crippen molar-refractivity contribution in [3.05, 3.63) is 60.2 Å². The second-order valence-corrected chi connectivity index (χ2v) is 3.58. The van der Waals surface area contributed by atoms with Gasteiger partial charge in [-0.2, -0.15) is 0 Å². The molecular formula is C14H12O2. The second kappa shape index (κ2) is 4.62. The Morgan fingerprint density at radius 2 is 1.88 bits per heavy atom. The topological polar surface area (TPSA) is 37.3 Å². The maximum absolute atomic E-state index is 10.4. The molecule has 0 spiro atoms. The van der Waals surface area contributed by atoms with Crippen molar-refractivity contribution in [3.63, 3.8) is 0 Å². The molecule has 0 heterocycles. The van der Waals surface area contributed by atoms with Gasteiger partial charge in [-0.1, -0.05) is 48.5 Å². The molecule has 0 saturated heterocycles. The highest BCUT2D eigenvalue weighted by atomic mass is 16.4. The van der Waals surface area contributed by atoms with Crippen molar-refractivity contribution in [3.8, 4) is 0 Å². The summed E-state index contributed by atoms with van der Waals surface area (Å²) in [5.74, 6) is -0.903. The van der Waals surface area contributed by atoms with Gasteiger partial charge in [0.25, 0.3) is 0 Å². The van der Waals surface area contributed by atoms with Crippen LogP contribution in [0.1, 0.15) is 5.56 Å². The van der Waals surface area contributed by atoms with Crippen LogP contribution in [0.3, 0.4) is 0 Å². The number of benzene rings is 2. The zero-order valence-electron chi connectivity index (χ0n) is 8.76. The number of fused-ring (bicyclic) bond motifs is 1. The van der Waals surface area contributed by atoms with Crippen molar-refractivity contribution < 1.29 is 9.90 Å². The summed E-state index contributed by atoms with van der Waals surface area (Å²) in [4.78, 5) is 10.4. The summed E-state index contributed by atoms with van der Waals surface area (Å²) in [6.07, 6.45) is 3.50. The number of allylic oxidation sites excluding steroid dienone is 1. The van der Waals surface area contributed by atoms with Gasteiger partial charge >= 0.3 is 5.97 Å². The Bertz CT molecular complexity index is 536. The standard InChI is InChI=1S/C14H12O2/c15-14(16)10-4-8-12-7-3-6-11-5-1-2-9-13(11)12/h1-7,9-10H,8H2,(H,15,16)/b10-4+. The summed E-state index contributed by atoms with van der Waals surface area (Å²) in [6.45, 7) is 0. The Kier molecular flexibility index (Phi) is 3.01. The fourth-order valence-electron chi connectivity index (χ4n) is 1.76. The molecule has 2 nitrogen and oxygen atoms in total. The number of rotatable bonds is 3. The van der Waals surface area contributed by atoms with Gasteiger partial charge in [-0.25, -0.2) is 4.79 Å². The van der Waals surface area contributed by atoms with Crippen LogP contribution >= 0.6 is 0 Å². The Morgan fingerprint density at radius 3 is 2.69 bits per heavy atom. The quantitative estimate of drug-likeness (QED) is 0.794. The number of carboxylic acids is 1. The number of carboxylic acid groups (broad SMARTS) is 1. The molecule has 0 bridgehead atoms. The fourth-order valence-corrected chi connectivity index (χ4v) is 1.76. The maximum Gasteiger partial charge on any atom is 0.327 e. The average molecular weight is 212 g/mol. The first kappa shape index (κ1) is 10.4. The van der Waals surface area contributed by atoms with E-state index in [1.54, 1.807) is 6.08 Å². The molecule has 0 aliphatic carbocycles. The summed E-state index contributed by atoms with van der Waals surface area (Å²) in [7, 11) is 0. The van der Waals surface area contributed by atoms with Crippen molar-refractivity contribution >= 4 is 16.7 Å². The third-order valence-electron chi connectivity index (χ3n) is 2.48. The van der Waals surface area contributed by atoms with Crippen LogP contribution in [-0.4, -0.2) is 11.1 Å². The van der Waals surface area contributed by atoms with E-state index in [9.17, 15) is 4.79 Å². The smallest absolute Gasteiger partial charge is 0.327 e. The minimum Gasteiger partial charge on any atom is -0.478 e. The minimum absolute atomic E-state index is 0.646. The maximum atomic E-state index is 10.4. The molecule has 2 aromatic carbocycles. The monoisotopic (exact) mass is 212 g/mol. The van der Waals surface area contributed by atoms with E-state index in [2.05, 4.69) is 18.2 Å². The summed E-state index contributed by atoms with van der Waals surface area (Å²) in [5.41, 5.74) is 1.15. The zero-order valence-corrected chi connectivity index (χ0v) is 8.76. The molecule has 2 aromatic rings. The third-order valence-corrected chi connectivity index (χ3v) is 2.48. The van der Waals surface area contributed by atoms with Crippen molar-refractivity contribution in [1.82, 2.24) is 0 Å². The lowest BCUT2D eigenvalue weighted by atomic mass is 10.0. The Labute approximate surface area is 93.8 Å². The number of hydrogen-bond donors (Lipinski definition) is 1. The van der Waals surface area contributed by atoms with Crippen LogP contribution in [0.2, 0.25) is 0 Å². The molecule has 0 aromatic heterocycles. The van der Waals surface area contributed by atoms with E-state index in [-0.39, 0.29) is 0 Å². The van der Waals surface area contributed by atoms with E-state index < -0.39 is 5.97 Å². The van der Waals surface area contributed by atoms with Crippen molar-refractivity contribution in [2.24, 2.45) is 0 Å².